The number of ether oxygens (including phenoxy) is 1. The zero-order valence-corrected chi connectivity index (χ0v) is 19.0. The van der Waals surface area contributed by atoms with E-state index in [0.717, 1.165) is 11.1 Å². The molecule has 3 aromatic carbocycles. The Labute approximate surface area is 196 Å². The van der Waals surface area contributed by atoms with Crippen LogP contribution in [0.1, 0.15) is 22.1 Å². The molecule has 4 rings (SSSR count). The predicted molar refractivity (Wildman–Crippen MR) is 133 cm³/mol. The summed E-state index contributed by atoms with van der Waals surface area (Å²) in [5.41, 5.74) is 4.12. The quantitative estimate of drug-likeness (QED) is 0.217. The van der Waals surface area contributed by atoms with Gasteiger partial charge in [-0.15, -0.1) is 0 Å². The van der Waals surface area contributed by atoms with E-state index in [9.17, 15) is 14.7 Å². The van der Waals surface area contributed by atoms with Gasteiger partial charge in [0.15, 0.2) is 6.23 Å². The van der Waals surface area contributed by atoms with Crippen LogP contribution in [0, 0.1) is 0 Å². The van der Waals surface area contributed by atoms with Crippen LogP contribution in [0.25, 0.3) is 21.8 Å². The highest BCUT2D eigenvalue weighted by atomic mass is 16.5. The van der Waals surface area contributed by atoms with Crippen molar-refractivity contribution in [1.29, 1.82) is 0 Å². The predicted octanol–water partition coefficient (Wildman–Crippen LogP) is 4.07. The van der Waals surface area contributed by atoms with Crippen molar-refractivity contribution in [3.63, 3.8) is 0 Å². The number of aliphatic hydroxyl groups is 1. The zero-order chi connectivity index (χ0) is 24.2. The van der Waals surface area contributed by atoms with Crippen LogP contribution in [0.3, 0.4) is 0 Å². The highest BCUT2D eigenvalue weighted by Crippen LogP contribution is 2.36. The minimum absolute atomic E-state index is 0.252. The van der Waals surface area contributed by atoms with Crippen molar-refractivity contribution in [3.05, 3.63) is 71.8 Å². The number of nitrogens with one attached hydrogen (secondary N) is 4. The standard InChI is InChI=1S/C25H25N5O4/c1-26-15-10-11-20-19(13-15)22(17-8-5-9-18(21(17)29-20)24(32)27-2)30-23(31)14-6-4-7-16(12-14)28-25(33)34-3/h4-13,23,26,31H,1-3H3,(H,27,32)(H,28,33)(H,29,30). The Morgan fingerprint density at radius 1 is 0.971 bits per heavy atom. The highest BCUT2D eigenvalue weighted by molar-refractivity contribution is 6.14. The van der Waals surface area contributed by atoms with Crippen molar-refractivity contribution in [2.45, 2.75) is 6.23 Å². The molecule has 1 heterocycles. The number of aromatic nitrogens is 1. The smallest absolute Gasteiger partial charge is 0.411 e. The molecule has 5 N–H and O–H groups in total. The van der Waals surface area contributed by atoms with E-state index in [1.54, 1.807) is 43.4 Å². The fraction of sp³-hybridized carbons (Fsp3) is 0.160. The molecule has 0 aliphatic rings. The van der Waals surface area contributed by atoms with Crippen molar-refractivity contribution in [2.24, 2.45) is 0 Å². The first-order chi connectivity index (χ1) is 16.4. The maximum Gasteiger partial charge on any atom is 0.411 e. The second kappa shape index (κ2) is 9.63. The number of pyridine rings is 1. The van der Waals surface area contributed by atoms with Crippen LogP contribution in [0.4, 0.5) is 21.9 Å². The molecule has 0 radical (unpaired) electrons. The molecule has 2 amide bonds. The van der Waals surface area contributed by atoms with Crippen LogP contribution in [0.5, 0.6) is 0 Å². The summed E-state index contributed by atoms with van der Waals surface area (Å²) >= 11 is 0. The summed E-state index contributed by atoms with van der Waals surface area (Å²) in [6.45, 7) is 0. The first-order valence-corrected chi connectivity index (χ1v) is 10.6. The Morgan fingerprint density at radius 2 is 1.76 bits per heavy atom. The molecule has 1 unspecified atom stereocenters. The Kier molecular flexibility index (Phi) is 6.46. The number of carbonyl (C=O) groups is 2. The number of hydrogen-bond acceptors (Lipinski definition) is 7. The van der Waals surface area contributed by atoms with Gasteiger partial charge >= 0.3 is 6.09 Å². The fourth-order valence-corrected chi connectivity index (χ4v) is 3.77. The number of nitrogens with zero attached hydrogens (tertiary/aromatic N) is 1. The third-order valence-electron chi connectivity index (χ3n) is 5.48. The molecule has 0 spiro atoms. The Morgan fingerprint density at radius 3 is 2.50 bits per heavy atom. The lowest BCUT2D eigenvalue weighted by atomic mass is 10.0. The van der Waals surface area contributed by atoms with Gasteiger partial charge in [0.1, 0.15) is 0 Å². The van der Waals surface area contributed by atoms with Gasteiger partial charge in [-0.25, -0.2) is 9.78 Å². The van der Waals surface area contributed by atoms with Crippen molar-refractivity contribution in [1.82, 2.24) is 10.3 Å². The van der Waals surface area contributed by atoms with Crippen molar-refractivity contribution < 1.29 is 19.4 Å². The number of anilines is 3. The molecule has 34 heavy (non-hydrogen) atoms. The lowest BCUT2D eigenvalue weighted by Gasteiger charge is -2.20. The number of amides is 2. The number of aliphatic hydroxyl groups excluding tert-OH is 1. The minimum atomic E-state index is -1.12. The van der Waals surface area contributed by atoms with Crippen molar-refractivity contribution in [3.8, 4) is 0 Å². The van der Waals surface area contributed by atoms with Crippen LogP contribution in [-0.2, 0) is 4.74 Å². The lowest BCUT2D eigenvalue weighted by molar-refractivity contribution is 0.0964. The second-order valence-electron chi connectivity index (χ2n) is 7.54. The Balaban J connectivity index is 1.85. The van der Waals surface area contributed by atoms with E-state index in [4.69, 9.17) is 4.98 Å². The van der Waals surface area contributed by atoms with Crippen LogP contribution in [0.2, 0.25) is 0 Å². The third kappa shape index (κ3) is 4.41. The summed E-state index contributed by atoms with van der Waals surface area (Å²) in [6, 6.07) is 17.8. The molecular formula is C25H25N5O4. The second-order valence-corrected chi connectivity index (χ2v) is 7.54. The highest BCUT2D eigenvalue weighted by Gasteiger charge is 2.18. The van der Waals surface area contributed by atoms with E-state index in [2.05, 4.69) is 26.0 Å². The van der Waals surface area contributed by atoms with Gasteiger partial charge in [0.2, 0.25) is 0 Å². The van der Waals surface area contributed by atoms with Crippen LogP contribution < -0.4 is 21.3 Å². The summed E-state index contributed by atoms with van der Waals surface area (Å²) < 4.78 is 4.63. The Hall–Kier alpha value is -4.37. The maximum atomic E-state index is 12.5. The van der Waals surface area contributed by atoms with Gasteiger partial charge in [0, 0.05) is 41.8 Å². The van der Waals surface area contributed by atoms with Crippen LogP contribution >= 0.6 is 0 Å². The molecule has 174 valence electrons. The first kappa shape index (κ1) is 22.8. The summed E-state index contributed by atoms with van der Waals surface area (Å²) in [7, 11) is 4.67. The van der Waals surface area contributed by atoms with E-state index in [-0.39, 0.29) is 5.91 Å². The maximum absolute atomic E-state index is 12.5. The van der Waals surface area contributed by atoms with Gasteiger partial charge in [-0.3, -0.25) is 10.1 Å². The van der Waals surface area contributed by atoms with Gasteiger partial charge < -0.3 is 25.8 Å². The molecule has 9 heteroatoms. The minimum Gasteiger partial charge on any atom is -0.453 e. The number of para-hydroxylation sites is 1. The van der Waals surface area contributed by atoms with Crippen molar-refractivity contribution >= 4 is 50.9 Å². The molecule has 0 saturated carbocycles. The lowest BCUT2D eigenvalue weighted by Crippen LogP contribution is -2.18. The van der Waals surface area contributed by atoms with Crippen molar-refractivity contribution in [2.75, 3.05) is 37.2 Å². The van der Waals surface area contributed by atoms with Crippen LogP contribution in [0.15, 0.2) is 60.7 Å². The van der Waals surface area contributed by atoms with Gasteiger partial charge in [-0.1, -0.05) is 24.3 Å². The Bertz CT molecular complexity index is 1390. The topological polar surface area (TPSA) is 125 Å². The summed E-state index contributed by atoms with van der Waals surface area (Å²) in [5.74, 6) is -0.252. The monoisotopic (exact) mass is 459 g/mol. The third-order valence-corrected chi connectivity index (χ3v) is 5.48. The largest absolute Gasteiger partial charge is 0.453 e. The van der Waals surface area contributed by atoms with E-state index in [1.807, 2.05) is 31.3 Å². The van der Waals surface area contributed by atoms with E-state index < -0.39 is 12.3 Å². The van der Waals surface area contributed by atoms with Gasteiger partial charge in [-0.05, 0) is 36.4 Å². The molecular weight excluding hydrogens is 434 g/mol. The number of hydrogen-bond donors (Lipinski definition) is 5. The number of fused-ring (bicyclic) bond motifs is 2. The van der Waals surface area contributed by atoms with Gasteiger partial charge in [-0.2, -0.15) is 0 Å². The van der Waals surface area contributed by atoms with E-state index >= 15 is 0 Å². The van der Waals surface area contributed by atoms with E-state index in [1.165, 1.54) is 7.11 Å². The molecule has 0 aliphatic carbocycles. The summed E-state index contributed by atoms with van der Waals surface area (Å²) in [4.78, 5) is 28.8. The molecule has 1 atom stereocenters. The summed E-state index contributed by atoms with van der Waals surface area (Å²) in [6.07, 6.45) is -1.72. The van der Waals surface area contributed by atoms with E-state index in [0.29, 0.717) is 38.9 Å². The zero-order valence-electron chi connectivity index (χ0n) is 19.0. The summed E-state index contributed by atoms with van der Waals surface area (Å²) in [5, 5.41) is 24.1. The average Bonchev–Trinajstić information content (AvgIpc) is 2.87. The number of benzene rings is 3. The number of rotatable bonds is 6. The molecule has 0 aliphatic heterocycles. The molecule has 0 bridgehead atoms. The first-order valence-electron chi connectivity index (χ1n) is 10.6. The number of carbonyl (C=O) groups excluding carboxylic acids is 2. The molecule has 0 saturated heterocycles. The number of methoxy groups -OCH3 is 1. The molecule has 0 fully saturated rings. The van der Waals surface area contributed by atoms with Gasteiger partial charge in [0.25, 0.3) is 5.91 Å². The molecule has 4 aromatic rings. The van der Waals surface area contributed by atoms with Crippen LogP contribution in [-0.4, -0.2) is 43.3 Å². The molecule has 9 nitrogen and oxygen atoms in total. The normalized spacial score (nSPS) is 11.6. The van der Waals surface area contributed by atoms with Gasteiger partial charge in [0.05, 0.1) is 29.4 Å². The SMILES string of the molecule is CNC(=O)c1cccc2c(NC(O)c3cccc(NC(=O)OC)c3)c3cc(NC)ccc3nc12. The fourth-order valence-electron chi connectivity index (χ4n) is 3.77. The average molecular weight is 460 g/mol. The molecule has 1 aromatic heterocycles.